The lowest BCUT2D eigenvalue weighted by atomic mass is 10.0. The van der Waals surface area contributed by atoms with Crippen LogP contribution < -0.4 is 0 Å². The molecule has 0 saturated carbocycles. The van der Waals surface area contributed by atoms with Crippen molar-refractivity contribution in [3.8, 4) is 39.9 Å². The molecule has 0 saturated heterocycles. The zero-order valence-corrected chi connectivity index (χ0v) is 27.1. The summed E-state index contributed by atoms with van der Waals surface area (Å²) in [5.41, 5.74) is 8.99. The number of fused-ring (bicyclic) bond motifs is 10. The topological polar surface area (TPSA) is 69.9 Å². The highest BCUT2D eigenvalue weighted by Crippen LogP contribution is 2.44. The molecule has 0 atom stereocenters. The summed E-state index contributed by atoms with van der Waals surface area (Å²) < 4.78 is 15.8. The van der Waals surface area contributed by atoms with E-state index in [2.05, 4.69) is 77.4 Å². The molecule has 7 aromatic carbocycles. The Morgan fingerprint density at radius 2 is 0.980 bits per heavy atom. The summed E-state index contributed by atoms with van der Waals surface area (Å²) in [4.78, 5) is 15.0. The molecule has 51 heavy (non-hydrogen) atoms. The molecule has 0 aliphatic rings. The van der Waals surface area contributed by atoms with Gasteiger partial charge in [-0.15, -0.1) is 0 Å². The standard InChI is InChI=1S/C45H26N4O2/c1-3-13-27(14-4-1)43-46-44(28-15-5-2-6-16-28)48-45(47-43)34-20-12-24-38-39(34)33-19-11-22-36(41(33)51-38)49-35-21-9-7-17-29(35)31-25-26-32-30-18-8-10-23-37(30)50-42(32)40(31)49/h1-26H. The van der Waals surface area contributed by atoms with Crippen LogP contribution in [0.5, 0.6) is 0 Å². The summed E-state index contributed by atoms with van der Waals surface area (Å²) in [7, 11) is 0. The van der Waals surface area contributed by atoms with Gasteiger partial charge in [0.15, 0.2) is 28.6 Å². The Hall–Kier alpha value is -7.05. The maximum Gasteiger partial charge on any atom is 0.164 e. The fraction of sp³-hybridized carbons (Fsp3) is 0. The predicted molar refractivity (Wildman–Crippen MR) is 205 cm³/mol. The van der Waals surface area contributed by atoms with Gasteiger partial charge in [-0.05, 0) is 30.3 Å². The lowest BCUT2D eigenvalue weighted by Crippen LogP contribution is -2.00. The molecule has 4 aromatic heterocycles. The molecule has 0 aliphatic heterocycles. The first kappa shape index (κ1) is 27.9. The second-order valence-corrected chi connectivity index (χ2v) is 12.8. The van der Waals surface area contributed by atoms with E-state index in [1.54, 1.807) is 0 Å². The third kappa shape index (κ3) is 4.14. The molecule has 0 bridgehead atoms. The summed E-state index contributed by atoms with van der Waals surface area (Å²) in [6.45, 7) is 0. The van der Waals surface area contributed by atoms with Crippen LogP contribution in [0.2, 0.25) is 0 Å². The Balaban J connectivity index is 1.21. The molecule has 0 unspecified atom stereocenters. The molecule has 0 radical (unpaired) electrons. The summed E-state index contributed by atoms with van der Waals surface area (Å²) in [6.07, 6.45) is 0. The van der Waals surface area contributed by atoms with Crippen molar-refractivity contribution in [2.24, 2.45) is 0 Å². The highest BCUT2D eigenvalue weighted by Gasteiger charge is 2.23. The first-order chi connectivity index (χ1) is 25.3. The van der Waals surface area contributed by atoms with Crippen molar-refractivity contribution in [3.05, 3.63) is 158 Å². The van der Waals surface area contributed by atoms with Crippen molar-refractivity contribution < 1.29 is 8.83 Å². The summed E-state index contributed by atoms with van der Waals surface area (Å²) in [5, 5.41) is 6.38. The van der Waals surface area contributed by atoms with Crippen molar-refractivity contribution >= 4 is 65.7 Å². The van der Waals surface area contributed by atoms with Crippen molar-refractivity contribution in [1.29, 1.82) is 0 Å². The fourth-order valence-electron chi connectivity index (χ4n) is 7.61. The molecule has 4 heterocycles. The number of aromatic nitrogens is 4. The first-order valence-corrected chi connectivity index (χ1v) is 17.0. The maximum absolute atomic E-state index is 6.85. The van der Waals surface area contributed by atoms with Gasteiger partial charge in [-0.25, -0.2) is 15.0 Å². The number of hydrogen-bond donors (Lipinski definition) is 0. The van der Waals surface area contributed by atoms with E-state index in [0.29, 0.717) is 17.5 Å². The van der Waals surface area contributed by atoms with Gasteiger partial charge in [0.05, 0.1) is 16.7 Å². The van der Waals surface area contributed by atoms with Gasteiger partial charge in [-0.2, -0.15) is 0 Å². The Bertz CT molecular complexity index is 3080. The Labute approximate surface area is 290 Å². The van der Waals surface area contributed by atoms with Gasteiger partial charge in [-0.3, -0.25) is 0 Å². The Kier molecular flexibility index (Phi) is 5.86. The van der Waals surface area contributed by atoms with Gasteiger partial charge in [0.1, 0.15) is 11.2 Å². The molecule has 238 valence electrons. The second kappa shape index (κ2) is 10.7. The smallest absolute Gasteiger partial charge is 0.164 e. The highest BCUT2D eigenvalue weighted by molar-refractivity contribution is 6.22. The average Bonchev–Trinajstić information content (AvgIpc) is 3.88. The fourth-order valence-corrected chi connectivity index (χ4v) is 7.61. The summed E-state index contributed by atoms with van der Waals surface area (Å²) in [5.74, 6) is 1.82. The zero-order valence-electron chi connectivity index (χ0n) is 27.1. The maximum atomic E-state index is 6.85. The normalized spacial score (nSPS) is 11.9. The number of benzene rings is 7. The molecule has 6 nitrogen and oxygen atoms in total. The van der Waals surface area contributed by atoms with Crippen LogP contribution in [0.25, 0.3) is 106 Å². The van der Waals surface area contributed by atoms with Crippen LogP contribution in [-0.2, 0) is 0 Å². The Morgan fingerprint density at radius 3 is 1.76 bits per heavy atom. The minimum atomic E-state index is 0.585. The van der Waals surface area contributed by atoms with E-state index in [0.717, 1.165) is 88.1 Å². The lowest BCUT2D eigenvalue weighted by molar-refractivity contribution is 0.665. The number of furan rings is 2. The van der Waals surface area contributed by atoms with E-state index in [-0.39, 0.29) is 0 Å². The molecule has 6 heteroatoms. The molecule has 0 fully saturated rings. The molecular formula is C45H26N4O2. The molecule has 11 aromatic rings. The highest BCUT2D eigenvalue weighted by atomic mass is 16.3. The Morgan fingerprint density at radius 1 is 0.392 bits per heavy atom. The van der Waals surface area contributed by atoms with Gasteiger partial charge in [-0.1, -0.05) is 127 Å². The molecule has 11 rings (SSSR count). The van der Waals surface area contributed by atoms with Gasteiger partial charge in [0.25, 0.3) is 0 Å². The predicted octanol–water partition coefficient (Wildman–Crippen LogP) is 11.8. The molecule has 0 spiro atoms. The van der Waals surface area contributed by atoms with E-state index in [1.807, 2.05) is 84.9 Å². The minimum Gasteiger partial charge on any atom is -0.454 e. The van der Waals surface area contributed by atoms with Crippen LogP contribution in [-0.4, -0.2) is 19.5 Å². The van der Waals surface area contributed by atoms with Crippen molar-refractivity contribution in [3.63, 3.8) is 0 Å². The molecular weight excluding hydrogens is 629 g/mol. The zero-order chi connectivity index (χ0) is 33.5. The number of para-hydroxylation sites is 3. The van der Waals surface area contributed by atoms with Crippen LogP contribution in [0.3, 0.4) is 0 Å². The van der Waals surface area contributed by atoms with Gasteiger partial charge >= 0.3 is 0 Å². The van der Waals surface area contributed by atoms with Crippen LogP contribution in [0, 0.1) is 0 Å². The number of hydrogen-bond acceptors (Lipinski definition) is 5. The second-order valence-electron chi connectivity index (χ2n) is 12.8. The van der Waals surface area contributed by atoms with Crippen molar-refractivity contribution in [2.45, 2.75) is 0 Å². The molecule has 0 amide bonds. The first-order valence-electron chi connectivity index (χ1n) is 17.0. The third-order valence-electron chi connectivity index (χ3n) is 9.86. The van der Waals surface area contributed by atoms with E-state index in [9.17, 15) is 0 Å². The SMILES string of the molecule is c1ccc(-c2nc(-c3ccccc3)nc(-c3cccc4oc5c(-n6c7ccccc7c7ccc8c9ccccc9oc8c76)cccc5c34)n2)cc1. The van der Waals surface area contributed by atoms with Crippen LogP contribution in [0.4, 0.5) is 0 Å². The summed E-state index contributed by atoms with van der Waals surface area (Å²) >= 11 is 0. The quantitative estimate of drug-likeness (QED) is 0.189. The van der Waals surface area contributed by atoms with Gasteiger partial charge in [0, 0.05) is 49.0 Å². The minimum absolute atomic E-state index is 0.585. The van der Waals surface area contributed by atoms with E-state index >= 15 is 0 Å². The average molecular weight is 655 g/mol. The van der Waals surface area contributed by atoms with Crippen LogP contribution in [0.15, 0.2) is 167 Å². The molecule has 0 N–H and O–H groups in total. The largest absolute Gasteiger partial charge is 0.454 e. The van der Waals surface area contributed by atoms with E-state index in [4.69, 9.17) is 23.8 Å². The number of rotatable bonds is 4. The van der Waals surface area contributed by atoms with Gasteiger partial charge < -0.3 is 13.4 Å². The number of nitrogens with zero attached hydrogens (tertiary/aromatic N) is 4. The summed E-state index contributed by atoms with van der Waals surface area (Å²) in [6, 6.07) is 53.7. The van der Waals surface area contributed by atoms with E-state index in [1.165, 1.54) is 0 Å². The van der Waals surface area contributed by atoms with E-state index < -0.39 is 0 Å². The van der Waals surface area contributed by atoms with Crippen LogP contribution >= 0.6 is 0 Å². The van der Waals surface area contributed by atoms with Gasteiger partial charge in [0.2, 0.25) is 0 Å². The molecule has 0 aliphatic carbocycles. The van der Waals surface area contributed by atoms with Crippen molar-refractivity contribution in [1.82, 2.24) is 19.5 Å². The monoisotopic (exact) mass is 654 g/mol. The lowest BCUT2D eigenvalue weighted by Gasteiger charge is -2.10. The van der Waals surface area contributed by atoms with Crippen molar-refractivity contribution in [2.75, 3.05) is 0 Å². The third-order valence-corrected chi connectivity index (χ3v) is 9.86. The van der Waals surface area contributed by atoms with Crippen LogP contribution in [0.1, 0.15) is 0 Å².